The number of nitrogens with two attached hydrogens (primary N) is 1. The van der Waals surface area contributed by atoms with E-state index in [4.69, 9.17) is 10.5 Å². The first-order valence-corrected chi connectivity index (χ1v) is 6.74. The van der Waals surface area contributed by atoms with Crippen molar-refractivity contribution in [1.29, 1.82) is 0 Å². The lowest BCUT2D eigenvalue weighted by molar-refractivity contribution is 0.212. The van der Waals surface area contributed by atoms with Gasteiger partial charge >= 0.3 is 0 Å². The van der Waals surface area contributed by atoms with E-state index < -0.39 is 0 Å². The molecular weight excluding hydrogens is 280 g/mol. The largest absolute Gasteiger partial charge is 0.487 e. The van der Waals surface area contributed by atoms with Gasteiger partial charge in [0, 0.05) is 17.1 Å². The second-order valence-corrected chi connectivity index (χ2v) is 5.73. The van der Waals surface area contributed by atoms with Crippen molar-refractivity contribution in [3.63, 3.8) is 0 Å². The third kappa shape index (κ3) is 2.75. The number of anilines is 1. The molecule has 0 radical (unpaired) electrons. The zero-order chi connectivity index (χ0) is 12.6. The predicted molar refractivity (Wildman–Crippen MR) is 74.8 cm³/mol. The number of fused-ring (bicyclic) bond motifs is 1. The summed E-state index contributed by atoms with van der Waals surface area (Å²) in [4.78, 5) is 2.30. The van der Waals surface area contributed by atoms with E-state index in [0.29, 0.717) is 0 Å². The van der Waals surface area contributed by atoms with Crippen molar-refractivity contribution in [1.82, 2.24) is 0 Å². The van der Waals surface area contributed by atoms with Gasteiger partial charge in [-0.1, -0.05) is 15.9 Å². The normalized spacial score (nSPS) is 20.8. The molecule has 1 aromatic carbocycles. The minimum atomic E-state index is 0.160. The van der Waals surface area contributed by atoms with Gasteiger partial charge in [0.2, 0.25) is 0 Å². The SMILES string of the molecule is Cc1cc2c(cc1Br)N(CC(C)N)CC(C)O2. The highest BCUT2D eigenvalue weighted by Gasteiger charge is 2.24. The van der Waals surface area contributed by atoms with Gasteiger partial charge in [-0.3, -0.25) is 0 Å². The lowest BCUT2D eigenvalue weighted by Crippen LogP contribution is -2.43. The molecule has 0 saturated carbocycles. The number of rotatable bonds is 2. The molecule has 0 spiro atoms. The van der Waals surface area contributed by atoms with E-state index in [1.54, 1.807) is 0 Å². The summed E-state index contributed by atoms with van der Waals surface area (Å²) in [6, 6.07) is 4.37. The molecule has 1 aliphatic heterocycles. The molecule has 2 atom stereocenters. The number of nitrogens with zero attached hydrogens (tertiary/aromatic N) is 1. The highest BCUT2D eigenvalue weighted by molar-refractivity contribution is 9.10. The number of benzene rings is 1. The third-order valence-electron chi connectivity index (χ3n) is 2.89. The Labute approximate surface area is 111 Å². The van der Waals surface area contributed by atoms with Crippen LogP contribution in [0.2, 0.25) is 0 Å². The van der Waals surface area contributed by atoms with Crippen LogP contribution in [0.3, 0.4) is 0 Å². The van der Waals surface area contributed by atoms with Crippen LogP contribution in [0.1, 0.15) is 19.4 Å². The van der Waals surface area contributed by atoms with E-state index in [1.807, 2.05) is 6.92 Å². The van der Waals surface area contributed by atoms with Crippen LogP contribution in [0.4, 0.5) is 5.69 Å². The molecule has 4 heteroatoms. The number of hydrogen-bond donors (Lipinski definition) is 1. The van der Waals surface area contributed by atoms with Gasteiger partial charge in [0.1, 0.15) is 11.9 Å². The summed E-state index contributed by atoms with van der Waals surface area (Å²) in [6.45, 7) is 7.95. The summed E-state index contributed by atoms with van der Waals surface area (Å²) in [5, 5.41) is 0. The average molecular weight is 299 g/mol. The molecule has 0 aliphatic carbocycles. The Morgan fingerprint density at radius 1 is 1.59 bits per heavy atom. The highest BCUT2D eigenvalue weighted by Crippen LogP contribution is 2.37. The zero-order valence-electron chi connectivity index (χ0n) is 10.5. The summed E-state index contributed by atoms with van der Waals surface area (Å²) in [5.41, 5.74) is 8.23. The Balaban J connectivity index is 2.37. The first kappa shape index (κ1) is 12.7. The molecule has 1 aliphatic rings. The first-order chi connectivity index (χ1) is 7.97. The molecule has 2 N–H and O–H groups in total. The van der Waals surface area contributed by atoms with Crippen LogP contribution < -0.4 is 15.4 Å². The van der Waals surface area contributed by atoms with Crippen molar-refractivity contribution >= 4 is 21.6 Å². The molecule has 2 rings (SSSR count). The number of hydrogen-bond acceptors (Lipinski definition) is 3. The van der Waals surface area contributed by atoms with Crippen LogP contribution in [0.5, 0.6) is 5.75 Å². The van der Waals surface area contributed by atoms with Crippen molar-refractivity contribution in [2.75, 3.05) is 18.0 Å². The fourth-order valence-electron chi connectivity index (χ4n) is 2.17. The predicted octanol–water partition coefficient (Wildman–Crippen LogP) is 2.69. The Kier molecular flexibility index (Phi) is 3.64. The molecule has 3 nitrogen and oxygen atoms in total. The van der Waals surface area contributed by atoms with E-state index in [-0.39, 0.29) is 12.1 Å². The highest BCUT2D eigenvalue weighted by atomic mass is 79.9. The summed E-state index contributed by atoms with van der Waals surface area (Å²) in [7, 11) is 0. The Hall–Kier alpha value is -0.740. The van der Waals surface area contributed by atoms with Crippen LogP contribution in [0.15, 0.2) is 16.6 Å². The van der Waals surface area contributed by atoms with E-state index >= 15 is 0 Å². The topological polar surface area (TPSA) is 38.5 Å². The number of halogens is 1. The maximum atomic E-state index is 5.90. The second kappa shape index (κ2) is 4.86. The molecule has 0 fully saturated rings. The Morgan fingerprint density at radius 3 is 2.94 bits per heavy atom. The zero-order valence-corrected chi connectivity index (χ0v) is 12.1. The standard InChI is InChI=1S/C13H19BrN2O/c1-8-4-13-12(5-11(8)14)16(6-9(2)15)7-10(3)17-13/h4-5,9-10H,6-7,15H2,1-3H3. The maximum absolute atomic E-state index is 5.90. The monoisotopic (exact) mass is 298 g/mol. The van der Waals surface area contributed by atoms with Gasteiger partial charge in [-0.2, -0.15) is 0 Å². The fraction of sp³-hybridized carbons (Fsp3) is 0.538. The maximum Gasteiger partial charge on any atom is 0.143 e. The van der Waals surface area contributed by atoms with E-state index in [2.05, 4.69) is 46.8 Å². The van der Waals surface area contributed by atoms with Crippen molar-refractivity contribution in [3.8, 4) is 5.75 Å². The molecule has 1 aromatic rings. The van der Waals surface area contributed by atoms with Gasteiger partial charge in [-0.25, -0.2) is 0 Å². The van der Waals surface area contributed by atoms with Gasteiger partial charge < -0.3 is 15.4 Å². The lowest BCUT2D eigenvalue weighted by atomic mass is 10.1. The van der Waals surface area contributed by atoms with Crippen LogP contribution in [0.25, 0.3) is 0 Å². The van der Waals surface area contributed by atoms with E-state index in [9.17, 15) is 0 Å². The molecule has 0 saturated heterocycles. The second-order valence-electron chi connectivity index (χ2n) is 4.88. The lowest BCUT2D eigenvalue weighted by Gasteiger charge is -2.36. The van der Waals surface area contributed by atoms with Crippen molar-refractivity contribution in [3.05, 3.63) is 22.2 Å². The number of ether oxygens (including phenoxy) is 1. The summed E-state index contributed by atoms with van der Waals surface area (Å²) in [6.07, 6.45) is 0.210. The van der Waals surface area contributed by atoms with Crippen molar-refractivity contribution < 1.29 is 4.74 Å². The van der Waals surface area contributed by atoms with Gasteiger partial charge in [-0.05, 0) is 38.5 Å². The van der Waals surface area contributed by atoms with Crippen LogP contribution in [0, 0.1) is 6.92 Å². The summed E-state index contributed by atoms with van der Waals surface area (Å²) >= 11 is 3.57. The molecule has 2 unspecified atom stereocenters. The summed E-state index contributed by atoms with van der Waals surface area (Å²) < 4.78 is 6.99. The Morgan fingerprint density at radius 2 is 2.29 bits per heavy atom. The fourth-order valence-corrected chi connectivity index (χ4v) is 2.50. The van der Waals surface area contributed by atoms with Gasteiger partial charge in [0.15, 0.2) is 0 Å². The molecule has 0 amide bonds. The minimum Gasteiger partial charge on any atom is -0.487 e. The molecule has 0 bridgehead atoms. The van der Waals surface area contributed by atoms with Gasteiger partial charge in [0.05, 0.1) is 12.2 Å². The summed E-state index contributed by atoms with van der Waals surface area (Å²) in [5.74, 6) is 0.963. The minimum absolute atomic E-state index is 0.160. The van der Waals surface area contributed by atoms with E-state index in [0.717, 1.165) is 29.0 Å². The third-order valence-corrected chi connectivity index (χ3v) is 3.75. The van der Waals surface area contributed by atoms with Crippen molar-refractivity contribution in [2.24, 2.45) is 5.73 Å². The Bertz CT molecular complexity index is 420. The molecular formula is C13H19BrN2O. The molecule has 94 valence electrons. The van der Waals surface area contributed by atoms with Crippen molar-refractivity contribution in [2.45, 2.75) is 32.9 Å². The van der Waals surface area contributed by atoms with Crippen LogP contribution in [-0.2, 0) is 0 Å². The van der Waals surface area contributed by atoms with Gasteiger partial charge in [0.25, 0.3) is 0 Å². The van der Waals surface area contributed by atoms with E-state index in [1.165, 1.54) is 5.56 Å². The quantitative estimate of drug-likeness (QED) is 0.912. The molecule has 0 aromatic heterocycles. The average Bonchev–Trinajstić information content (AvgIpc) is 2.20. The molecule has 1 heterocycles. The molecule has 17 heavy (non-hydrogen) atoms. The van der Waals surface area contributed by atoms with Crippen LogP contribution >= 0.6 is 15.9 Å². The van der Waals surface area contributed by atoms with Crippen LogP contribution in [-0.4, -0.2) is 25.2 Å². The number of aryl methyl sites for hydroxylation is 1. The van der Waals surface area contributed by atoms with Gasteiger partial charge in [-0.15, -0.1) is 0 Å². The first-order valence-electron chi connectivity index (χ1n) is 5.94. The smallest absolute Gasteiger partial charge is 0.143 e.